The largest absolute Gasteiger partial charge is 0.465 e. The van der Waals surface area contributed by atoms with Gasteiger partial charge in [0.25, 0.3) is 5.91 Å². The van der Waals surface area contributed by atoms with E-state index in [9.17, 15) is 14.4 Å². The van der Waals surface area contributed by atoms with E-state index in [0.717, 1.165) is 3.57 Å². The van der Waals surface area contributed by atoms with Gasteiger partial charge in [0.15, 0.2) is 11.9 Å². The topological polar surface area (TPSA) is 122 Å². The summed E-state index contributed by atoms with van der Waals surface area (Å²) < 4.78 is 0.817. The van der Waals surface area contributed by atoms with Gasteiger partial charge in [0.05, 0.1) is 5.69 Å². The third-order valence-corrected chi connectivity index (χ3v) is 3.75. The summed E-state index contributed by atoms with van der Waals surface area (Å²) in [6.45, 7) is 0. The zero-order valence-electron chi connectivity index (χ0n) is 12.3. The summed E-state index contributed by atoms with van der Waals surface area (Å²) in [7, 11) is 0. The maximum Gasteiger partial charge on any atom is 0.406 e. The SMILES string of the molecule is NC(NC(=O)O)C(=O)Nc1ccc(I)cc1C(=O)c1ccccc1. The molecule has 1 unspecified atom stereocenters. The summed E-state index contributed by atoms with van der Waals surface area (Å²) in [5.74, 6) is -1.02. The van der Waals surface area contributed by atoms with Crippen LogP contribution in [0, 0.1) is 3.57 Å². The highest BCUT2D eigenvalue weighted by atomic mass is 127. The van der Waals surface area contributed by atoms with Gasteiger partial charge in [0.1, 0.15) is 0 Å². The Morgan fingerprint density at radius 2 is 1.75 bits per heavy atom. The molecule has 5 N–H and O–H groups in total. The first-order valence-electron chi connectivity index (χ1n) is 6.83. The van der Waals surface area contributed by atoms with Crippen molar-refractivity contribution in [2.24, 2.45) is 5.73 Å². The predicted molar refractivity (Wildman–Crippen MR) is 96.8 cm³/mol. The Labute approximate surface area is 151 Å². The second kappa shape index (κ2) is 7.88. The number of carbonyl (C=O) groups is 3. The first kappa shape index (κ1) is 17.9. The first-order valence-corrected chi connectivity index (χ1v) is 7.91. The second-order valence-electron chi connectivity index (χ2n) is 4.80. The number of amides is 2. The summed E-state index contributed by atoms with van der Waals surface area (Å²) in [6, 6.07) is 13.6. The van der Waals surface area contributed by atoms with Crippen molar-refractivity contribution in [3.8, 4) is 0 Å². The number of carboxylic acid groups (broad SMARTS) is 1. The average molecular weight is 439 g/mol. The maximum absolute atomic E-state index is 12.7. The number of nitrogens with two attached hydrogens (primary N) is 1. The summed E-state index contributed by atoms with van der Waals surface area (Å²) in [5.41, 5.74) is 6.47. The van der Waals surface area contributed by atoms with Gasteiger partial charge in [-0.2, -0.15) is 0 Å². The van der Waals surface area contributed by atoms with Crippen LogP contribution in [0.25, 0.3) is 0 Å². The van der Waals surface area contributed by atoms with E-state index in [1.165, 1.54) is 0 Å². The monoisotopic (exact) mass is 439 g/mol. The van der Waals surface area contributed by atoms with Crippen LogP contribution in [-0.4, -0.2) is 29.1 Å². The summed E-state index contributed by atoms with van der Waals surface area (Å²) in [6.07, 6.45) is -2.86. The van der Waals surface area contributed by atoms with E-state index in [0.29, 0.717) is 11.1 Å². The van der Waals surface area contributed by atoms with Gasteiger partial charge in [-0.05, 0) is 40.8 Å². The van der Waals surface area contributed by atoms with Crippen LogP contribution >= 0.6 is 22.6 Å². The molecule has 0 bridgehead atoms. The number of hydrogen-bond donors (Lipinski definition) is 4. The lowest BCUT2D eigenvalue weighted by Gasteiger charge is -2.15. The zero-order valence-corrected chi connectivity index (χ0v) is 14.5. The van der Waals surface area contributed by atoms with Gasteiger partial charge < -0.3 is 16.2 Å². The Balaban J connectivity index is 2.30. The Kier molecular flexibility index (Phi) is 5.88. The molecule has 7 nitrogen and oxygen atoms in total. The molecule has 2 aromatic carbocycles. The third kappa shape index (κ3) is 4.52. The van der Waals surface area contributed by atoms with Crippen molar-refractivity contribution in [3.05, 3.63) is 63.2 Å². The molecular weight excluding hydrogens is 425 g/mol. The van der Waals surface area contributed by atoms with E-state index >= 15 is 0 Å². The Morgan fingerprint density at radius 3 is 2.38 bits per heavy atom. The number of ketones is 1. The molecule has 0 fully saturated rings. The van der Waals surface area contributed by atoms with Gasteiger partial charge in [0, 0.05) is 14.7 Å². The van der Waals surface area contributed by atoms with Crippen LogP contribution in [0.2, 0.25) is 0 Å². The normalized spacial score (nSPS) is 11.4. The lowest BCUT2D eigenvalue weighted by molar-refractivity contribution is -0.117. The lowest BCUT2D eigenvalue weighted by Crippen LogP contribution is -2.49. The highest BCUT2D eigenvalue weighted by molar-refractivity contribution is 14.1. The van der Waals surface area contributed by atoms with Crippen molar-refractivity contribution in [3.63, 3.8) is 0 Å². The van der Waals surface area contributed by atoms with Crippen molar-refractivity contribution >= 4 is 46.1 Å². The lowest BCUT2D eigenvalue weighted by atomic mass is 10.0. The van der Waals surface area contributed by atoms with Gasteiger partial charge in [-0.15, -0.1) is 0 Å². The van der Waals surface area contributed by atoms with Crippen LogP contribution in [0.15, 0.2) is 48.5 Å². The molecule has 0 aliphatic heterocycles. The fourth-order valence-corrected chi connectivity index (χ4v) is 2.46. The van der Waals surface area contributed by atoms with Gasteiger partial charge >= 0.3 is 6.09 Å². The van der Waals surface area contributed by atoms with Gasteiger partial charge in [-0.3, -0.25) is 14.9 Å². The standard InChI is InChI=1S/C16H14IN3O4/c17-10-6-7-12(19-15(22)14(18)20-16(23)24)11(8-10)13(21)9-4-2-1-3-5-9/h1-8,14,20H,18H2,(H,19,22)(H,23,24). The van der Waals surface area contributed by atoms with Crippen LogP contribution in [0.4, 0.5) is 10.5 Å². The molecule has 0 saturated heterocycles. The van der Waals surface area contributed by atoms with E-state index in [4.69, 9.17) is 10.8 Å². The molecule has 1 atom stereocenters. The molecule has 8 heteroatoms. The molecule has 0 heterocycles. The second-order valence-corrected chi connectivity index (χ2v) is 6.05. The molecule has 24 heavy (non-hydrogen) atoms. The minimum Gasteiger partial charge on any atom is -0.465 e. The van der Waals surface area contributed by atoms with Crippen LogP contribution in [0.3, 0.4) is 0 Å². The molecule has 2 amide bonds. The summed E-state index contributed by atoms with van der Waals surface area (Å²) in [5, 5.41) is 12.9. The van der Waals surface area contributed by atoms with E-state index in [1.807, 2.05) is 5.32 Å². The molecule has 0 aliphatic carbocycles. The fourth-order valence-electron chi connectivity index (χ4n) is 1.97. The number of anilines is 1. The van der Waals surface area contributed by atoms with Crippen molar-refractivity contribution in [2.45, 2.75) is 6.17 Å². The Bertz CT molecular complexity index is 780. The van der Waals surface area contributed by atoms with Crippen LogP contribution in [0.1, 0.15) is 15.9 Å². The summed E-state index contributed by atoms with van der Waals surface area (Å²) in [4.78, 5) is 35.2. The van der Waals surface area contributed by atoms with Crippen LogP contribution in [-0.2, 0) is 4.79 Å². The molecule has 0 spiro atoms. The van der Waals surface area contributed by atoms with Crippen molar-refractivity contribution in [1.29, 1.82) is 0 Å². The Hall–Kier alpha value is -2.46. The van der Waals surface area contributed by atoms with Crippen molar-refractivity contribution < 1.29 is 19.5 Å². The maximum atomic E-state index is 12.7. The minimum absolute atomic E-state index is 0.260. The first-order chi connectivity index (χ1) is 11.4. The average Bonchev–Trinajstić information content (AvgIpc) is 2.56. The van der Waals surface area contributed by atoms with Crippen molar-refractivity contribution in [2.75, 3.05) is 5.32 Å². The molecule has 0 aromatic heterocycles. The highest BCUT2D eigenvalue weighted by Gasteiger charge is 2.20. The van der Waals surface area contributed by atoms with Gasteiger partial charge in [-0.25, -0.2) is 4.79 Å². The van der Waals surface area contributed by atoms with Gasteiger partial charge in [-0.1, -0.05) is 30.3 Å². The Morgan fingerprint density at radius 1 is 1.08 bits per heavy atom. The highest BCUT2D eigenvalue weighted by Crippen LogP contribution is 2.22. The molecule has 0 radical (unpaired) electrons. The quantitative estimate of drug-likeness (QED) is 0.323. The van der Waals surface area contributed by atoms with Crippen LogP contribution in [0.5, 0.6) is 0 Å². The number of halogens is 1. The van der Waals surface area contributed by atoms with E-state index in [2.05, 4.69) is 27.9 Å². The van der Waals surface area contributed by atoms with Crippen molar-refractivity contribution in [1.82, 2.24) is 5.32 Å². The molecular formula is C16H14IN3O4. The number of hydrogen-bond acceptors (Lipinski definition) is 4. The molecule has 0 aliphatic rings. The molecule has 0 saturated carbocycles. The smallest absolute Gasteiger partial charge is 0.406 e. The van der Waals surface area contributed by atoms with E-state index in [1.54, 1.807) is 48.5 Å². The third-order valence-electron chi connectivity index (χ3n) is 3.08. The van der Waals surface area contributed by atoms with Gasteiger partial charge in [0.2, 0.25) is 0 Å². The predicted octanol–water partition coefficient (Wildman–Crippen LogP) is 2.01. The molecule has 2 aromatic rings. The number of benzene rings is 2. The van der Waals surface area contributed by atoms with Crippen LogP contribution < -0.4 is 16.4 Å². The zero-order chi connectivity index (χ0) is 17.7. The number of nitrogens with one attached hydrogen (secondary N) is 2. The molecule has 2 rings (SSSR count). The molecule has 124 valence electrons. The fraction of sp³-hybridized carbons (Fsp3) is 0.0625. The number of rotatable bonds is 5. The summed E-state index contributed by atoms with van der Waals surface area (Å²) >= 11 is 2.06. The van der Waals surface area contributed by atoms with E-state index in [-0.39, 0.29) is 11.5 Å². The van der Waals surface area contributed by atoms with E-state index < -0.39 is 18.2 Å². The number of carbonyl (C=O) groups excluding carboxylic acids is 2. The minimum atomic E-state index is -1.44.